The van der Waals surface area contributed by atoms with Crippen LogP contribution < -0.4 is 0 Å². The van der Waals surface area contributed by atoms with Gasteiger partial charge in [-0.15, -0.1) is 0 Å². The number of aliphatic hydroxyl groups is 1. The number of ketones is 1. The van der Waals surface area contributed by atoms with E-state index in [1.54, 1.807) is 24.3 Å². The predicted octanol–water partition coefficient (Wildman–Crippen LogP) is 4.00. The quantitative estimate of drug-likeness (QED) is 0.854. The van der Waals surface area contributed by atoms with Gasteiger partial charge in [-0.3, -0.25) is 4.79 Å². The van der Waals surface area contributed by atoms with Gasteiger partial charge in [0.05, 0.1) is 6.10 Å². The predicted molar refractivity (Wildman–Crippen MR) is 80.7 cm³/mol. The molecule has 104 valence electrons. The van der Waals surface area contributed by atoms with E-state index < -0.39 is 6.10 Å². The lowest BCUT2D eigenvalue weighted by Crippen LogP contribution is -2.17. The molecule has 2 nitrogen and oxygen atoms in total. The van der Waals surface area contributed by atoms with Crippen molar-refractivity contribution in [1.29, 1.82) is 0 Å². The topological polar surface area (TPSA) is 37.3 Å². The normalized spacial score (nSPS) is 13.0. The summed E-state index contributed by atoms with van der Waals surface area (Å²) in [5, 5.41) is 10.2. The van der Waals surface area contributed by atoms with Gasteiger partial charge in [-0.05, 0) is 11.0 Å². The highest BCUT2D eigenvalue weighted by molar-refractivity contribution is 6.08. The first-order valence-corrected chi connectivity index (χ1v) is 6.77. The summed E-state index contributed by atoms with van der Waals surface area (Å²) in [6.07, 6.45) is -0.539. The number of rotatable bonds is 3. The Kier molecular flexibility index (Phi) is 4.05. The average molecular weight is 268 g/mol. The highest BCUT2D eigenvalue weighted by atomic mass is 16.3. The fourth-order valence-corrected chi connectivity index (χ4v) is 2.07. The maximum atomic E-state index is 12.3. The summed E-state index contributed by atoms with van der Waals surface area (Å²) in [6.45, 7) is 5.96. The molecular formula is C18H20O2. The van der Waals surface area contributed by atoms with Crippen molar-refractivity contribution in [1.82, 2.24) is 0 Å². The summed E-state index contributed by atoms with van der Waals surface area (Å²) < 4.78 is 0. The van der Waals surface area contributed by atoms with E-state index >= 15 is 0 Å². The number of carbonyl (C=O) groups excluding carboxylic acids is 1. The molecule has 1 unspecified atom stereocenters. The van der Waals surface area contributed by atoms with Crippen LogP contribution in [0.1, 0.15) is 48.4 Å². The van der Waals surface area contributed by atoms with Gasteiger partial charge in [-0.2, -0.15) is 0 Å². The number of hydrogen-bond acceptors (Lipinski definition) is 2. The zero-order chi connectivity index (χ0) is 14.8. The lowest BCUT2D eigenvalue weighted by atomic mass is 9.84. The minimum atomic E-state index is -0.539. The third-order valence-electron chi connectivity index (χ3n) is 3.34. The van der Waals surface area contributed by atoms with Crippen LogP contribution >= 0.6 is 0 Å². The zero-order valence-corrected chi connectivity index (χ0v) is 12.1. The van der Waals surface area contributed by atoms with Gasteiger partial charge in [0.2, 0.25) is 0 Å². The molecule has 0 aliphatic carbocycles. The van der Waals surface area contributed by atoms with E-state index in [1.165, 1.54) is 0 Å². The van der Waals surface area contributed by atoms with Gasteiger partial charge < -0.3 is 5.11 Å². The molecule has 0 heterocycles. The van der Waals surface area contributed by atoms with Crippen molar-refractivity contribution in [3.8, 4) is 0 Å². The summed E-state index contributed by atoms with van der Waals surface area (Å²) in [7, 11) is 0. The minimum Gasteiger partial charge on any atom is -0.388 e. The van der Waals surface area contributed by atoms with Gasteiger partial charge in [-0.1, -0.05) is 75.4 Å². The minimum absolute atomic E-state index is 0.00222. The molecule has 2 aromatic rings. The lowest BCUT2D eigenvalue weighted by Gasteiger charge is -2.26. The molecule has 0 radical (unpaired) electrons. The van der Waals surface area contributed by atoms with Crippen LogP contribution in [0.15, 0.2) is 54.6 Å². The van der Waals surface area contributed by atoms with E-state index in [1.807, 2.05) is 51.1 Å². The molecule has 2 heteroatoms. The monoisotopic (exact) mass is 268 g/mol. The van der Waals surface area contributed by atoms with E-state index in [0.29, 0.717) is 11.1 Å². The van der Waals surface area contributed by atoms with Gasteiger partial charge in [0.15, 0.2) is 5.78 Å². The Morgan fingerprint density at radius 3 is 1.90 bits per heavy atom. The van der Waals surface area contributed by atoms with E-state index in [2.05, 4.69) is 0 Å². The van der Waals surface area contributed by atoms with Crippen molar-refractivity contribution in [2.24, 2.45) is 5.41 Å². The van der Waals surface area contributed by atoms with Crippen LogP contribution in [0.4, 0.5) is 0 Å². The first-order chi connectivity index (χ1) is 9.39. The Labute approximate surface area is 120 Å². The van der Waals surface area contributed by atoms with Crippen LogP contribution in [0, 0.1) is 5.41 Å². The molecule has 0 amide bonds. The summed E-state index contributed by atoms with van der Waals surface area (Å²) in [5.74, 6) is 0.00222. The molecule has 0 aliphatic heterocycles. The Balaban J connectivity index is 2.23. The number of benzene rings is 2. The number of aliphatic hydroxyl groups excluding tert-OH is 1. The van der Waals surface area contributed by atoms with Crippen molar-refractivity contribution >= 4 is 5.78 Å². The third-order valence-corrected chi connectivity index (χ3v) is 3.34. The molecule has 0 aromatic heterocycles. The van der Waals surface area contributed by atoms with Crippen LogP contribution in [-0.2, 0) is 0 Å². The Morgan fingerprint density at radius 2 is 1.40 bits per heavy atom. The van der Waals surface area contributed by atoms with Crippen molar-refractivity contribution in [3.05, 3.63) is 71.3 Å². The van der Waals surface area contributed by atoms with Crippen molar-refractivity contribution in [2.45, 2.75) is 26.9 Å². The molecule has 0 saturated heterocycles. The van der Waals surface area contributed by atoms with Crippen molar-refractivity contribution in [2.75, 3.05) is 0 Å². The third kappa shape index (κ3) is 3.14. The van der Waals surface area contributed by atoms with Crippen molar-refractivity contribution in [3.63, 3.8) is 0 Å². The molecule has 0 spiro atoms. The largest absolute Gasteiger partial charge is 0.388 e. The van der Waals surface area contributed by atoms with Crippen molar-refractivity contribution < 1.29 is 9.90 Å². The molecule has 20 heavy (non-hydrogen) atoms. The maximum absolute atomic E-state index is 12.3. The fraction of sp³-hybridized carbons (Fsp3) is 0.278. The fourth-order valence-electron chi connectivity index (χ4n) is 2.07. The van der Waals surface area contributed by atoms with Crippen LogP contribution in [0.5, 0.6) is 0 Å². The lowest BCUT2D eigenvalue weighted by molar-refractivity contribution is 0.0626. The average Bonchev–Trinajstić information content (AvgIpc) is 2.46. The standard InChI is InChI=1S/C18H20O2/c1-18(2,3)17(20)15-11-9-14(10-12-15)16(19)13-7-5-4-6-8-13/h4-12,17,20H,1-3H3. The van der Waals surface area contributed by atoms with E-state index in [4.69, 9.17) is 0 Å². The van der Waals surface area contributed by atoms with Gasteiger partial charge in [0.1, 0.15) is 0 Å². The van der Waals surface area contributed by atoms with E-state index in [0.717, 1.165) is 5.56 Å². The SMILES string of the molecule is CC(C)(C)C(O)c1ccc(C(=O)c2ccccc2)cc1. The second kappa shape index (κ2) is 5.59. The van der Waals surface area contributed by atoms with Gasteiger partial charge >= 0.3 is 0 Å². The Hall–Kier alpha value is -1.93. The van der Waals surface area contributed by atoms with Gasteiger partial charge in [0, 0.05) is 11.1 Å². The maximum Gasteiger partial charge on any atom is 0.193 e. The highest BCUT2D eigenvalue weighted by Crippen LogP contribution is 2.32. The van der Waals surface area contributed by atoms with Crippen LogP contribution in [0.3, 0.4) is 0 Å². The van der Waals surface area contributed by atoms with E-state index in [-0.39, 0.29) is 11.2 Å². The summed E-state index contributed by atoms with van der Waals surface area (Å²) in [4.78, 5) is 12.3. The smallest absolute Gasteiger partial charge is 0.193 e. The van der Waals surface area contributed by atoms with Crippen LogP contribution in [-0.4, -0.2) is 10.9 Å². The molecule has 0 fully saturated rings. The zero-order valence-electron chi connectivity index (χ0n) is 12.1. The van der Waals surface area contributed by atoms with Crippen LogP contribution in [0.25, 0.3) is 0 Å². The molecule has 1 N–H and O–H groups in total. The van der Waals surface area contributed by atoms with Gasteiger partial charge in [0.25, 0.3) is 0 Å². The molecule has 0 bridgehead atoms. The number of hydrogen-bond donors (Lipinski definition) is 1. The Bertz CT molecular complexity index is 577. The second-order valence-electron chi connectivity index (χ2n) is 6.09. The molecule has 1 atom stereocenters. The molecule has 2 aromatic carbocycles. The second-order valence-corrected chi connectivity index (χ2v) is 6.09. The van der Waals surface area contributed by atoms with E-state index in [9.17, 15) is 9.90 Å². The molecule has 2 rings (SSSR count). The van der Waals surface area contributed by atoms with Gasteiger partial charge in [-0.25, -0.2) is 0 Å². The molecular weight excluding hydrogens is 248 g/mol. The Morgan fingerprint density at radius 1 is 0.900 bits per heavy atom. The van der Waals surface area contributed by atoms with Crippen LogP contribution in [0.2, 0.25) is 0 Å². The summed E-state index contributed by atoms with van der Waals surface area (Å²) in [5.41, 5.74) is 1.94. The first kappa shape index (κ1) is 14.5. The number of carbonyl (C=O) groups is 1. The molecule has 0 aliphatic rings. The first-order valence-electron chi connectivity index (χ1n) is 6.77. The highest BCUT2D eigenvalue weighted by Gasteiger charge is 2.23. The molecule has 0 saturated carbocycles. The summed E-state index contributed by atoms with van der Waals surface area (Å²) >= 11 is 0. The summed E-state index contributed by atoms with van der Waals surface area (Å²) in [6, 6.07) is 16.4.